The van der Waals surface area contributed by atoms with Crippen molar-refractivity contribution in [1.29, 1.82) is 0 Å². The lowest BCUT2D eigenvalue weighted by Gasteiger charge is -2.22. The molecule has 1 aromatic rings. The number of hydrogen-bond donors (Lipinski definition) is 0. The van der Waals surface area contributed by atoms with Gasteiger partial charge in [-0.15, -0.1) is 0 Å². The first-order valence-corrected chi connectivity index (χ1v) is 9.02. The lowest BCUT2D eigenvalue weighted by molar-refractivity contribution is 0.0652. The molecule has 3 rings (SSSR count). The summed E-state index contributed by atoms with van der Waals surface area (Å²) >= 11 is 0. The molecule has 2 amide bonds. The fourth-order valence-electron chi connectivity index (χ4n) is 2.82. The van der Waals surface area contributed by atoms with Gasteiger partial charge in [0, 0.05) is 19.6 Å². The van der Waals surface area contributed by atoms with E-state index in [-0.39, 0.29) is 24.8 Å². The summed E-state index contributed by atoms with van der Waals surface area (Å²) in [6.07, 6.45) is 3.85. The van der Waals surface area contributed by atoms with Crippen LogP contribution in [0.15, 0.2) is 36.4 Å². The summed E-state index contributed by atoms with van der Waals surface area (Å²) in [5.41, 5.74) is 0.772. The van der Waals surface area contributed by atoms with Crippen LogP contribution in [-0.4, -0.2) is 54.3 Å². The van der Waals surface area contributed by atoms with Crippen molar-refractivity contribution in [2.45, 2.75) is 18.6 Å². The van der Waals surface area contributed by atoms with Crippen molar-refractivity contribution in [1.82, 2.24) is 9.21 Å². The van der Waals surface area contributed by atoms with Crippen LogP contribution in [0.4, 0.5) is 0 Å². The molecular formula is C16H18N2O4S. The van der Waals surface area contributed by atoms with E-state index < -0.39 is 15.3 Å². The first kappa shape index (κ1) is 15.9. The van der Waals surface area contributed by atoms with Crippen LogP contribution in [0, 0.1) is 0 Å². The molecular weight excluding hydrogens is 316 g/mol. The summed E-state index contributed by atoms with van der Waals surface area (Å²) < 4.78 is 26.2. The third kappa shape index (κ3) is 2.70. The molecule has 122 valence electrons. The molecule has 1 aromatic carbocycles. The van der Waals surface area contributed by atoms with Crippen molar-refractivity contribution in [3.05, 3.63) is 47.5 Å². The van der Waals surface area contributed by atoms with Gasteiger partial charge in [-0.25, -0.2) is 8.42 Å². The van der Waals surface area contributed by atoms with E-state index in [1.807, 2.05) is 12.2 Å². The van der Waals surface area contributed by atoms with Crippen LogP contribution in [0.2, 0.25) is 0 Å². The van der Waals surface area contributed by atoms with Crippen LogP contribution in [0.1, 0.15) is 34.1 Å². The van der Waals surface area contributed by atoms with Crippen LogP contribution >= 0.6 is 0 Å². The Morgan fingerprint density at radius 2 is 1.57 bits per heavy atom. The minimum absolute atomic E-state index is 0.105. The molecule has 1 unspecified atom stereocenters. The molecule has 0 aliphatic carbocycles. The Labute approximate surface area is 135 Å². The molecule has 1 atom stereocenters. The summed E-state index contributed by atoms with van der Waals surface area (Å²) in [6.45, 7) is 2.50. The van der Waals surface area contributed by atoms with Crippen LogP contribution in [-0.2, 0) is 10.0 Å². The largest absolute Gasteiger partial charge is 0.274 e. The van der Waals surface area contributed by atoms with Gasteiger partial charge in [-0.05, 0) is 25.5 Å². The zero-order valence-electron chi connectivity index (χ0n) is 12.8. The highest BCUT2D eigenvalue weighted by Crippen LogP contribution is 2.24. The molecule has 2 aliphatic rings. The smallest absolute Gasteiger partial charge is 0.261 e. The molecule has 7 heteroatoms. The van der Waals surface area contributed by atoms with Crippen molar-refractivity contribution < 1.29 is 18.0 Å². The quantitative estimate of drug-likeness (QED) is 0.600. The molecule has 23 heavy (non-hydrogen) atoms. The molecule has 0 bridgehead atoms. The minimum Gasteiger partial charge on any atom is -0.274 e. The number of carbonyl (C=O) groups excluding carboxylic acids is 2. The van der Waals surface area contributed by atoms with Gasteiger partial charge in [-0.2, -0.15) is 4.31 Å². The highest BCUT2D eigenvalue weighted by Gasteiger charge is 2.36. The van der Waals surface area contributed by atoms with E-state index in [1.54, 1.807) is 31.2 Å². The number of benzene rings is 1. The Kier molecular flexibility index (Phi) is 4.08. The van der Waals surface area contributed by atoms with E-state index in [2.05, 4.69) is 0 Å². The van der Waals surface area contributed by atoms with Gasteiger partial charge in [0.05, 0.1) is 16.4 Å². The van der Waals surface area contributed by atoms with E-state index in [0.29, 0.717) is 24.2 Å². The van der Waals surface area contributed by atoms with Crippen molar-refractivity contribution in [2.75, 3.05) is 19.6 Å². The van der Waals surface area contributed by atoms with Crippen molar-refractivity contribution in [3.63, 3.8) is 0 Å². The Morgan fingerprint density at radius 1 is 1.04 bits per heavy atom. The number of nitrogens with zero attached hydrogens (tertiary/aromatic N) is 2. The first-order chi connectivity index (χ1) is 10.9. The van der Waals surface area contributed by atoms with Crippen LogP contribution in [0.3, 0.4) is 0 Å². The lowest BCUT2D eigenvalue weighted by atomic mass is 10.1. The van der Waals surface area contributed by atoms with Gasteiger partial charge in [0.1, 0.15) is 0 Å². The van der Waals surface area contributed by atoms with Gasteiger partial charge in [-0.3, -0.25) is 14.5 Å². The summed E-state index contributed by atoms with van der Waals surface area (Å²) in [5, 5.41) is -0.647. The van der Waals surface area contributed by atoms with Crippen molar-refractivity contribution in [3.8, 4) is 0 Å². The third-order valence-corrected chi connectivity index (χ3v) is 6.56. The number of sulfonamides is 1. The van der Waals surface area contributed by atoms with E-state index in [1.165, 1.54) is 4.31 Å². The standard InChI is InChI=1S/C16H18N2O4S/c1-12(23(21,22)17-9-4-5-10-17)8-11-18-15(19)13-6-2-3-7-14(13)16(18)20/h2-7,12H,8-11H2,1H3. The van der Waals surface area contributed by atoms with Crippen LogP contribution in [0.5, 0.6) is 0 Å². The monoisotopic (exact) mass is 334 g/mol. The zero-order valence-corrected chi connectivity index (χ0v) is 13.6. The molecule has 0 spiro atoms. The number of carbonyl (C=O) groups is 2. The highest BCUT2D eigenvalue weighted by atomic mass is 32.2. The van der Waals surface area contributed by atoms with Crippen LogP contribution in [0.25, 0.3) is 0 Å². The van der Waals surface area contributed by atoms with Crippen LogP contribution < -0.4 is 0 Å². The van der Waals surface area contributed by atoms with Gasteiger partial charge in [0.15, 0.2) is 0 Å². The Morgan fingerprint density at radius 3 is 2.09 bits per heavy atom. The molecule has 0 fully saturated rings. The molecule has 6 nitrogen and oxygen atoms in total. The minimum atomic E-state index is -3.41. The van der Waals surface area contributed by atoms with Gasteiger partial charge >= 0.3 is 0 Å². The molecule has 2 aliphatic heterocycles. The average molecular weight is 334 g/mol. The average Bonchev–Trinajstić information content (AvgIpc) is 3.15. The van der Waals surface area contributed by atoms with Gasteiger partial charge in [0.2, 0.25) is 10.0 Å². The van der Waals surface area contributed by atoms with Crippen molar-refractivity contribution >= 4 is 21.8 Å². The molecule has 0 aromatic heterocycles. The SMILES string of the molecule is CC(CCN1C(=O)c2ccccc2C1=O)S(=O)(=O)N1CC=CC1. The lowest BCUT2D eigenvalue weighted by Crippen LogP contribution is -2.39. The van der Waals surface area contributed by atoms with E-state index >= 15 is 0 Å². The van der Waals surface area contributed by atoms with Gasteiger partial charge < -0.3 is 0 Å². The number of fused-ring (bicyclic) bond motifs is 1. The predicted molar refractivity (Wildman–Crippen MR) is 85.5 cm³/mol. The zero-order chi connectivity index (χ0) is 16.6. The predicted octanol–water partition coefficient (Wildman–Crippen LogP) is 1.26. The number of hydrogen-bond acceptors (Lipinski definition) is 4. The molecule has 2 heterocycles. The molecule has 0 saturated carbocycles. The summed E-state index contributed by atoms with van der Waals surface area (Å²) in [4.78, 5) is 25.7. The third-order valence-electron chi connectivity index (χ3n) is 4.29. The molecule has 0 N–H and O–H groups in total. The maximum absolute atomic E-state index is 12.4. The fourth-order valence-corrected chi connectivity index (χ4v) is 4.32. The Balaban J connectivity index is 1.67. The first-order valence-electron chi connectivity index (χ1n) is 7.52. The summed E-state index contributed by atoms with van der Waals surface area (Å²) in [6, 6.07) is 6.65. The van der Waals surface area contributed by atoms with E-state index in [0.717, 1.165) is 4.90 Å². The maximum atomic E-state index is 12.4. The Hall–Kier alpha value is -1.99. The summed E-state index contributed by atoms with van der Waals surface area (Å²) in [5.74, 6) is -0.698. The van der Waals surface area contributed by atoms with Gasteiger partial charge in [0.25, 0.3) is 11.8 Å². The molecule has 0 radical (unpaired) electrons. The maximum Gasteiger partial charge on any atom is 0.261 e. The second kappa shape index (κ2) is 5.90. The van der Waals surface area contributed by atoms with Crippen molar-refractivity contribution in [2.24, 2.45) is 0 Å². The topological polar surface area (TPSA) is 74.8 Å². The Bertz CT molecular complexity index is 742. The highest BCUT2D eigenvalue weighted by molar-refractivity contribution is 7.89. The fraction of sp³-hybridized carbons (Fsp3) is 0.375. The number of rotatable bonds is 5. The van der Waals surface area contributed by atoms with Gasteiger partial charge in [-0.1, -0.05) is 24.3 Å². The number of amides is 2. The second-order valence-corrected chi connectivity index (χ2v) is 8.09. The summed E-state index contributed by atoms with van der Waals surface area (Å²) in [7, 11) is -3.41. The number of imide groups is 1. The normalized spacial score (nSPS) is 19.4. The molecule has 0 saturated heterocycles. The second-order valence-electron chi connectivity index (χ2n) is 5.74. The van der Waals surface area contributed by atoms with E-state index in [4.69, 9.17) is 0 Å². The van der Waals surface area contributed by atoms with E-state index in [9.17, 15) is 18.0 Å².